The minimum atomic E-state index is -0.833. The number of methoxy groups -OCH3 is 1. The highest BCUT2D eigenvalue weighted by atomic mass is 16.5. The maximum atomic E-state index is 12.1. The Morgan fingerprint density at radius 1 is 1.50 bits per heavy atom. The zero-order valence-corrected chi connectivity index (χ0v) is 11.3. The molecule has 1 heterocycles. The Kier molecular flexibility index (Phi) is 4.95. The topological polar surface area (TPSA) is 70.1 Å². The van der Waals surface area contributed by atoms with Crippen LogP contribution in [0.3, 0.4) is 0 Å². The second-order valence-electron chi connectivity index (χ2n) is 5.09. The number of carbonyl (C=O) groups excluding carboxylic acids is 1. The molecule has 1 unspecified atom stereocenters. The average molecular weight is 258 g/mol. The largest absolute Gasteiger partial charge is 0.481 e. The summed E-state index contributed by atoms with van der Waals surface area (Å²) < 4.78 is 4.93. The van der Waals surface area contributed by atoms with E-state index in [-0.39, 0.29) is 12.6 Å². The van der Waals surface area contributed by atoms with E-state index in [2.05, 4.69) is 0 Å². The molecule has 1 N–H and O–H groups in total. The molecule has 0 aliphatic carbocycles. The van der Waals surface area contributed by atoms with E-state index in [4.69, 9.17) is 9.84 Å². The first-order chi connectivity index (χ1) is 8.40. The van der Waals surface area contributed by atoms with Gasteiger partial charge in [-0.3, -0.25) is 4.79 Å². The van der Waals surface area contributed by atoms with Crippen LogP contribution in [0.1, 0.15) is 19.8 Å². The van der Waals surface area contributed by atoms with E-state index in [0.29, 0.717) is 26.1 Å². The lowest BCUT2D eigenvalue weighted by Gasteiger charge is -2.25. The van der Waals surface area contributed by atoms with Gasteiger partial charge < -0.3 is 19.6 Å². The first-order valence-electron chi connectivity index (χ1n) is 6.13. The van der Waals surface area contributed by atoms with Crippen LogP contribution >= 0.6 is 0 Å². The Morgan fingerprint density at radius 3 is 2.67 bits per heavy atom. The van der Waals surface area contributed by atoms with Crippen molar-refractivity contribution in [2.24, 2.45) is 5.41 Å². The van der Waals surface area contributed by atoms with Crippen LogP contribution in [-0.2, 0) is 9.53 Å². The minimum absolute atomic E-state index is 0.101. The van der Waals surface area contributed by atoms with Gasteiger partial charge in [0, 0.05) is 40.4 Å². The number of rotatable bonds is 5. The summed E-state index contributed by atoms with van der Waals surface area (Å²) in [6.07, 6.45) is 1.29. The van der Waals surface area contributed by atoms with Gasteiger partial charge in [-0.2, -0.15) is 0 Å². The fourth-order valence-electron chi connectivity index (χ4n) is 2.08. The number of hydrogen-bond acceptors (Lipinski definition) is 3. The maximum absolute atomic E-state index is 12.1. The number of hydrogen-bond donors (Lipinski definition) is 1. The second kappa shape index (κ2) is 6.04. The van der Waals surface area contributed by atoms with Gasteiger partial charge >= 0.3 is 12.0 Å². The van der Waals surface area contributed by atoms with Gasteiger partial charge in [0.2, 0.25) is 0 Å². The molecule has 1 saturated heterocycles. The van der Waals surface area contributed by atoms with Crippen LogP contribution < -0.4 is 0 Å². The van der Waals surface area contributed by atoms with E-state index in [1.165, 1.54) is 0 Å². The Balaban J connectivity index is 2.46. The highest BCUT2D eigenvalue weighted by Crippen LogP contribution is 2.30. The molecule has 0 aromatic carbocycles. The molecule has 1 fully saturated rings. The van der Waals surface area contributed by atoms with Gasteiger partial charge in [0.15, 0.2) is 0 Å². The molecule has 104 valence electrons. The molecule has 0 spiro atoms. The van der Waals surface area contributed by atoms with Crippen LogP contribution in [0, 0.1) is 5.41 Å². The molecule has 1 aliphatic heterocycles. The number of ether oxygens (including phenoxy) is 1. The fourth-order valence-corrected chi connectivity index (χ4v) is 2.08. The van der Waals surface area contributed by atoms with Crippen LogP contribution in [-0.4, -0.2) is 67.3 Å². The van der Waals surface area contributed by atoms with Crippen LogP contribution in [0.4, 0.5) is 4.79 Å². The number of aliphatic carboxylic acids is 1. The number of nitrogens with zero attached hydrogens (tertiary/aromatic N) is 2. The summed E-state index contributed by atoms with van der Waals surface area (Å²) in [6.45, 7) is 3.72. The molecule has 6 nitrogen and oxygen atoms in total. The SMILES string of the molecule is COCCCN(C)C(=O)N1CCC(C)(C(=O)O)C1. The lowest BCUT2D eigenvalue weighted by Crippen LogP contribution is -2.42. The van der Waals surface area contributed by atoms with Crippen molar-refractivity contribution in [3.63, 3.8) is 0 Å². The predicted octanol–water partition coefficient (Wildman–Crippen LogP) is 0.871. The van der Waals surface area contributed by atoms with Crippen molar-refractivity contribution in [1.82, 2.24) is 9.80 Å². The van der Waals surface area contributed by atoms with Crippen LogP contribution in [0.5, 0.6) is 0 Å². The molecule has 0 radical (unpaired) electrons. The first kappa shape index (κ1) is 14.8. The van der Waals surface area contributed by atoms with Crippen LogP contribution in [0.2, 0.25) is 0 Å². The smallest absolute Gasteiger partial charge is 0.319 e. The molecule has 0 bridgehead atoms. The zero-order valence-electron chi connectivity index (χ0n) is 11.3. The standard InChI is InChI=1S/C12H22N2O4/c1-12(10(15)16)5-7-14(9-12)11(17)13(2)6-4-8-18-3/h4-9H2,1-3H3,(H,15,16). The van der Waals surface area contributed by atoms with Gasteiger partial charge in [0.25, 0.3) is 0 Å². The average Bonchev–Trinajstić information content (AvgIpc) is 2.72. The molecular formula is C12H22N2O4. The van der Waals surface area contributed by atoms with Crippen molar-refractivity contribution in [3.8, 4) is 0 Å². The Labute approximate surface area is 107 Å². The number of urea groups is 1. The third kappa shape index (κ3) is 3.35. The lowest BCUT2D eigenvalue weighted by atomic mass is 9.90. The Morgan fingerprint density at radius 2 is 2.17 bits per heavy atom. The van der Waals surface area contributed by atoms with E-state index in [1.54, 1.807) is 30.9 Å². The molecule has 1 rings (SSSR count). The quantitative estimate of drug-likeness (QED) is 0.743. The third-order valence-corrected chi connectivity index (χ3v) is 3.43. The van der Waals surface area contributed by atoms with Gasteiger partial charge in [0.1, 0.15) is 0 Å². The number of carboxylic acids is 1. The molecule has 2 amide bonds. The summed E-state index contributed by atoms with van der Waals surface area (Å²) in [7, 11) is 3.36. The van der Waals surface area contributed by atoms with Crippen LogP contribution in [0.25, 0.3) is 0 Å². The minimum Gasteiger partial charge on any atom is -0.481 e. The van der Waals surface area contributed by atoms with Crippen molar-refractivity contribution < 1.29 is 19.4 Å². The first-order valence-corrected chi connectivity index (χ1v) is 6.13. The number of carboxylic acid groups (broad SMARTS) is 1. The molecule has 1 atom stereocenters. The molecule has 6 heteroatoms. The predicted molar refractivity (Wildman–Crippen MR) is 66.5 cm³/mol. The monoisotopic (exact) mass is 258 g/mol. The highest BCUT2D eigenvalue weighted by Gasteiger charge is 2.42. The highest BCUT2D eigenvalue weighted by molar-refractivity contribution is 5.79. The maximum Gasteiger partial charge on any atom is 0.319 e. The summed E-state index contributed by atoms with van der Waals surface area (Å²) in [6, 6.07) is -0.101. The van der Waals surface area contributed by atoms with E-state index >= 15 is 0 Å². The summed E-state index contributed by atoms with van der Waals surface area (Å²) in [4.78, 5) is 26.4. The van der Waals surface area contributed by atoms with Gasteiger partial charge in [-0.15, -0.1) is 0 Å². The van der Waals surface area contributed by atoms with Crippen molar-refractivity contribution in [1.29, 1.82) is 0 Å². The molecule has 0 aromatic rings. The number of carbonyl (C=O) groups is 2. The van der Waals surface area contributed by atoms with E-state index in [1.807, 2.05) is 0 Å². The lowest BCUT2D eigenvalue weighted by molar-refractivity contribution is -0.147. The third-order valence-electron chi connectivity index (χ3n) is 3.43. The summed E-state index contributed by atoms with van der Waals surface area (Å²) in [5.74, 6) is -0.833. The van der Waals surface area contributed by atoms with Gasteiger partial charge in [-0.1, -0.05) is 0 Å². The molecule has 1 aliphatic rings. The fraction of sp³-hybridized carbons (Fsp3) is 0.833. The Hall–Kier alpha value is -1.30. The van der Waals surface area contributed by atoms with Gasteiger partial charge in [0.05, 0.1) is 5.41 Å². The molecule has 18 heavy (non-hydrogen) atoms. The summed E-state index contributed by atoms with van der Waals surface area (Å²) in [5, 5.41) is 9.12. The van der Waals surface area contributed by atoms with Crippen molar-refractivity contribution in [2.75, 3.05) is 40.4 Å². The number of amides is 2. The molecular weight excluding hydrogens is 236 g/mol. The zero-order chi connectivity index (χ0) is 13.8. The van der Waals surface area contributed by atoms with Gasteiger partial charge in [-0.25, -0.2) is 4.79 Å². The normalized spacial score (nSPS) is 23.2. The molecule has 0 saturated carbocycles. The van der Waals surface area contributed by atoms with Crippen molar-refractivity contribution in [2.45, 2.75) is 19.8 Å². The van der Waals surface area contributed by atoms with Gasteiger partial charge in [-0.05, 0) is 19.8 Å². The Bertz CT molecular complexity index is 321. The van der Waals surface area contributed by atoms with Crippen LogP contribution in [0.15, 0.2) is 0 Å². The van der Waals surface area contributed by atoms with E-state index in [0.717, 1.165) is 6.42 Å². The molecule has 0 aromatic heterocycles. The van der Waals surface area contributed by atoms with E-state index in [9.17, 15) is 9.59 Å². The van der Waals surface area contributed by atoms with Crippen molar-refractivity contribution >= 4 is 12.0 Å². The number of likely N-dealkylation sites (tertiary alicyclic amines) is 1. The van der Waals surface area contributed by atoms with Crippen molar-refractivity contribution in [3.05, 3.63) is 0 Å². The summed E-state index contributed by atoms with van der Waals surface area (Å²) in [5.41, 5.74) is -0.803. The van der Waals surface area contributed by atoms with E-state index < -0.39 is 11.4 Å². The summed E-state index contributed by atoms with van der Waals surface area (Å²) >= 11 is 0. The second-order valence-corrected chi connectivity index (χ2v) is 5.09.